The summed E-state index contributed by atoms with van der Waals surface area (Å²) in [7, 11) is 1.61. The molecule has 0 aliphatic carbocycles. The molecule has 0 aliphatic heterocycles. The maximum absolute atomic E-state index is 13.1. The van der Waals surface area contributed by atoms with E-state index >= 15 is 0 Å². The van der Waals surface area contributed by atoms with Gasteiger partial charge in [-0.1, -0.05) is 53.5 Å². The van der Waals surface area contributed by atoms with Gasteiger partial charge in [0.15, 0.2) is 0 Å². The third-order valence-corrected chi connectivity index (χ3v) is 5.31. The molecule has 0 saturated carbocycles. The fourth-order valence-electron chi connectivity index (χ4n) is 2.92. The second-order valence-electron chi connectivity index (χ2n) is 6.99. The minimum atomic E-state index is -0.554. The van der Waals surface area contributed by atoms with E-state index in [-0.39, 0.29) is 18.2 Å². The number of hydrogen-bond donors (Lipinski definition) is 1. The summed E-state index contributed by atoms with van der Waals surface area (Å²) in [5.41, 5.74) is 1.86. The quantitative estimate of drug-likeness (QED) is 0.536. The fraction of sp³-hybridized carbons (Fsp3) is 0.391. The monoisotopic (exact) mass is 460 g/mol. The topological polar surface area (TPSA) is 58.6 Å². The summed E-state index contributed by atoms with van der Waals surface area (Å²) >= 11 is 3.43. The predicted molar refractivity (Wildman–Crippen MR) is 119 cm³/mol. The van der Waals surface area contributed by atoms with Crippen molar-refractivity contribution >= 4 is 27.7 Å². The summed E-state index contributed by atoms with van der Waals surface area (Å²) in [5, 5.41) is 2.94. The lowest BCUT2D eigenvalue weighted by Crippen LogP contribution is -2.48. The van der Waals surface area contributed by atoms with E-state index in [2.05, 4.69) is 28.2 Å². The van der Waals surface area contributed by atoms with Crippen molar-refractivity contribution in [1.29, 1.82) is 0 Å². The van der Waals surface area contributed by atoms with E-state index in [1.807, 2.05) is 48.5 Å². The minimum absolute atomic E-state index is 0.0868. The highest BCUT2D eigenvalue weighted by molar-refractivity contribution is 9.10. The van der Waals surface area contributed by atoms with Gasteiger partial charge in [0.1, 0.15) is 11.8 Å². The van der Waals surface area contributed by atoms with Gasteiger partial charge in [0.2, 0.25) is 11.8 Å². The average Bonchev–Trinajstić information content (AvgIpc) is 2.73. The van der Waals surface area contributed by atoms with E-state index in [1.54, 1.807) is 18.9 Å². The van der Waals surface area contributed by atoms with Gasteiger partial charge in [-0.2, -0.15) is 0 Å². The third kappa shape index (κ3) is 7.20. The van der Waals surface area contributed by atoms with Crippen LogP contribution in [0.3, 0.4) is 0 Å². The van der Waals surface area contributed by atoms with E-state index in [4.69, 9.17) is 4.74 Å². The van der Waals surface area contributed by atoms with Crippen molar-refractivity contribution in [3.8, 4) is 5.75 Å². The van der Waals surface area contributed by atoms with Gasteiger partial charge < -0.3 is 15.0 Å². The summed E-state index contributed by atoms with van der Waals surface area (Å²) in [6.45, 7) is 4.86. The first-order valence-corrected chi connectivity index (χ1v) is 10.7. The number of hydrogen-bond acceptors (Lipinski definition) is 3. The molecule has 2 amide bonds. The molecule has 0 aromatic heterocycles. The Labute approximate surface area is 181 Å². The van der Waals surface area contributed by atoms with Gasteiger partial charge in [0.05, 0.1) is 13.5 Å². The number of methoxy groups -OCH3 is 1. The summed E-state index contributed by atoms with van der Waals surface area (Å²) < 4.78 is 6.15. The molecule has 0 fully saturated rings. The molecular formula is C23H29BrN2O3. The number of rotatable bonds is 10. The van der Waals surface area contributed by atoms with Crippen molar-refractivity contribution in [2.75, 3.05) is 13.7 Å². The van der Waals surface area contributed by atoms with Gasteiger partial charge in [0, 0.05) is 17.6 Å². The smallest absolute Gasteiger partial charge is 0.242 e. The van der Waals surface area contributed by atoms with E-state index in [0.29, 0.717) is 13.1 Å². The molecule has 2 rings (SSSR count). The first-order valence-electron chi connectivity index (χ1n) is 9.89. The molecule has 5 nitrogen and oxygen atoms in total. The second kappa shape index (κ2) is 11.6. The van der Waals surface area contributed by atoms with Crippen molar-refractivity contribution in [1.82, 2.24) is 10.2 Å². The number of nitrogens with zero attached hydrogens (tertiary/aromatic N) is 1. The Morgan fingerprint density at radius 3 is 2.28 bits per heavy atom. The van der Waals surface area contributed by atoms with Crippen LogP contribution in [0.25, 0.3) is 0 Å². The van der Waals surface area contributed by atoms with Gasteiger partial charge >= 0.3 is 0 Å². The van der Waals surface area contributed by atoms with Crippen LogP contribution in [0.15, 0.2) is 53.0 Å². The Bertz CT molecular complexity index is 791. The first-order chi connectivity index (χ1) is 13.9. The number of halogens is 1. The lowest BCUT2D eigenvalue weighted by atomic mass is 10.1. The van der Waals surface area contributed by atoms with Crippen LogP contribution < -0.4 is 10.1 Å². The second-order valence-corrected chi connectivity index (χ2v) is 7.91. The molecule has 2 aromatic carbocycles. The number of benzene rings is 2. The van der Waals surface area contributed by atoms with E-state index < -0.39 is 6.04 Å². The highest BCUT2D eigenvalue weighted by atomic mass is 79.9. The van der Waals surface area contributed by atoms with Crippen molar-refractivity contribution in [2.24, 2.45) is 0 Å². The summed E-state index contributed by atoms with van der Waals surface area (Å²) in [6.07, 6.45) is 2.16. The average molecular weight is 461 g/mol. The zero-order valence-electron chi connectivity index (χ0n) is 17.3. The number of amides is 2. The molecule has 1 atom stereocenters. The molecule has 1 unspecified atom stereocenters. The Balaban J connectivity index is 2.15. The van der Waals surface area contributed by atoms with Crippen molar-refractivity contribution in [2.45, 2.75) is 45.7 Å². The first kappa shape index (κ1) is 22.9. The molecule has 0 radical (unpaired) electrons. The molecule has 0 aliphatic rings. The van der Waals surface area contributed by atoms with Crippen molar-refractivity contribution in [3.63, 3.8) is 0 Å². The van der Waals surface area contributed by atoms with Crippen molar-refractivity contribution < 1.29 is 14.3 Å². The Hall–Kier alpha value is -2.34. The normalized spacial score (nSPS) is 11.6. The van der Waals surface area contributed by atoms with Crippen LogP contribution in [-0.4, -0.2) is 36.4 Å². The van der Waals surface area contributed by atoms with Crippen LogP contribution in [0, 0.1) is 0 Å². The van der Waals surface area contributed by atoms with Crippen LogP contribution in [0.4, 0.5) is 0 Å². The maximum atomic E-state index is 13.1. The summed E-state index contributed by atoms with van der Waals surface area (Å²) in [6, 6.07) is 14.7. The van der Waals surface area contributed by atoms with E-state index in [0.717, 1.165) is 34.2 Å². The maximum Gasteiger partial charge on any atom is 0.242 e. The third-order valence-electron chi connectivity index (χ3n) is 4.78. The number of nitrogens with one attached hydrogen (secondary N) is 1. The largest absolute Gasteiger partial charge is 0.497 e. The Kier molecular flexibility index (Phi) is 9.19. The van der Waals surface area contributed by atoms with Gasteiger partial charge in [0.25, 0.3) is 0 Å². The van der Waals surface area contributed by atoms with Crippen LogP contribution >= 0.6 is 15.9 Å². The molecule has 0 saturated heterocycles. The molecule has 0 bridgehead atoms. The molecule has 1 N–H and O–H groups in total. The number of carbonyl (C=O) groups excluding carboxylic acids is 2. The van der Waals surface area contributed by atoms with Gasteiger partial charge in [-0.3, -0.25) is 9.59 Å². The van der Waals surface area contributed by atoms with Crippen LogP contribution in [-0.2, 0) is 22.6 Å². The van der Waals surface area contributed by atoms with Gasteiger partial charge in [-0.25, -0.2) is 0 Å². The number of unbranched alkanes of at least 4 members (excludes halogenated alkanes) is 1. The lowest BCUT2D eigenvalue weighted by molar-refractivity contribution is -0.140. The van der Waals surface area contributed by atoms with Gasteiger partial charge in [-0.15, -0.1) is 0 Å². The molecule has 0 heterocycles. The van der Waals surface area contributed by atoms with Crippen LogP contribution in [0.1, 0.15) is 37.8 Å². The molecule has 2 aromatic rings. The van der Waals surface area contributed by atoms with Crippen LogP contribution in [0.5, 0.6) is 5.75 Å². The SMILES string of the molecule is CCCCNC(=O)C(C)N(Cc1ccc(Br)cc1)C(=O)Cc1ccc(OC)cc1. The predicted octanol–water partition coefficient (Wildman–Crippen LogP) is 4.33. The van der Waals surface area contributed by atoms with E-state index in [9.17, 15) is 9.59 Å². The van der Waals surface area contributed by atoms with Crippen molar-refractivity contribution in [3.05, 3.63) is 64.1 Å². The standard InChI is InChI=1S/C23H29BrN2O3/c1-4-5-14-25-23(28)17(2)26(16-19-6-10-20(24)11-7-19)22(27)15-18-8-12-21(29-3)13-9-18/h6-13,17H,4-5,14-16H2,1-3H3,(H,25,28). The zero-order valence-corrected chi connectivity index (χ0v) is 18.9. The number of ether oxygens (including phenoxy) is 1. The highest BCUT2D eigenvalue weighted by Gasteiger charge is 2.26. The van der Waals surface area contributed by atoms with Crippen LogP contribution in [0.2, 0.25) is 0 Å². The molecule has 0 spiro atoms. The summed E-state index contributed by atoms with van der Waals surface area (Å²) in [5.74, 6) is 0.534. The zero-order chi connectivity index (χ0) is 21.2. The summed E-state index contributed by atoms with van der Waals surface area (Å²) in [4.78, 5) is 27.4. The Morgan fingerprint density at radius 2 is 1.69 bits per heavy atom. The molecular weight excluding hydrogens is 432 g/mol. The molecule has 29 heavy (non-hydrogen) atoms. The van der Waals surface area contributed by atoms with E-state index in [1.165, 1.54) is 0 Å². The number of carbonyl (C=O) groups is 2. The lowest BCUT2D eigenvalue weighted by Gasteiger charge is -2.29. The molecule has 156 valence electrons. The minimum Gasteiger partial charge on any atom is -0.497 e. The fourth-order valence-corrected chi connectivity index (χ4v) is 3.19. The highest BCUT2D eigenvalue weighted by Crippen LogP contribution is 2.17. The molecule has 6 heteroatoms. The van der Waals surface area contributed by atoms with Gasteiger partial charge in [-0.05, 0) is 48.7 Å². The Morgan fingerprint density at radius 1 is 1.07 bits per heavy atom.